The Hall–Kier alpha value is -2.07. The van der Waals surface area contributed by atoms with Crippen LogP contribution in [0, 0.1) is 5.92 Å². The lowest BCUT2D eigenvalue weighted by atomic mass is 10.1. The van der Waals surface area contributed by atoms with Gasteiger partial charge in [-0.2, -0.15) is 0 Å². The van der Waals surface area contributed by atoms with E-state index < -0.39 is 0 Å². The molecule has 1 aromatic carbocycles. The van der Waals surface area contributed by atoms with E-state index in [9.17, 15) is 4.79 Å². The van der Waals surface area contributed by atoms with Crippen LogP contribution in [0.1, 0.15) is 18.4 Å². The number of benzene rings is 1. The van der Waals surface area contributed by atoms with Gasteiger partial charge >= 0.3 is 0 Å². The van der Waals surface area contributed by atoms with E-state index in [0.29, 0.717) is 22.2 Å². The standard InChI is InChI=1S/C17H16ClNO3/c1-21-15-8-12-7-11(5-6-14(20)10-3-4-10)17(18)19-13(12)9-16(15)22-2/h5-10H,3-4H2,1-2H3. The molecule has 0 N–H and O–H groups in total. The normalized spacial score (nSPS) is 14.5. The summed E-state index contributed by atoms with van der Waals surface area (Å²) in [5.74, 6) is 1.59. The van der Waals surface area contributed by atoms with Crippen molar-refractivity contribution in [3.05, 3.63) is 35.0 Å². The third kappa shape index (κ3) is 2.92. The molecule has 3 rings (SSSR count). The lowest BCUT2D eigenvalue weighted by molar-refractivity contribution is -0.115. The van der Waals surface area contributed by atoms with E-state index in [0.717, 1.165) is 23.8 Å². The highest BCUT2D eigenvalue weighted by molar-refractivity contribution is 6.31. The van der Waals surface area contributed by atoms with Gasteiger partial charge in [0.2, 0.25) is 0 Å². The molecule has 4 nitrogen and oxygen atoms in total. The van der Waals surface area contributed by atoms with Gasteiger partial charge in [-0.05, 0) is 37.1 Å². The number of methoxy groups -OCH3 is 2. The molecule has 0 unspecified atom stereocenters. The fraction of sp³-hybridized carbons (Fsp3) is 0.294. The molecule has 0 saturated heterocycles. The largest absolute Gasteiger partial charge is 0.493 e. The van der Waals surface area contributed by atoms with Gasteiger partial charge in [0.25, 0.3) is 0 Å². The number of carbonyl (C=O) groups excluding carboxylic acids is 1. The molecule has 114 valence electrons. The highest BCUT2D eigenvalue weighted by Crippen LogP contribution is 2.34. The zero-order valence-corrected chi connectivity index (χ0v) is 13.2. The van der Waals surface area contributed by atoms with Crippen molar-refractivity contribution in [2.75, 3.05) is 14.2 Å². The zero-order chi connectivity index (χ0) is 15.7. The van der Waals surface area contributed by atoms with Gasteiger partial charge < -0.3 is 9.47 Å². The second-order valence-electron chi connectivity index (χ2n) is 5.28. The van der Waals surface area contributed by atoms with E-state index >= 15 is 0 Å². The second kappa shape index (κ2) is 5.97. The Kier molecular flexibility index (Phi) is 4.03. The molecule has 2 aromatic rings. The molecule has 22 heavy (non-hydrogen) atoms. The van der Waals surface area contributed by atoms with E-state index in [-0.39, 0.29) is 11.7 Å². The summed E-state index contributed by atoms with van der Waals surface area (Å²) in [6.07, 6.45) is 5.30. The van der Waals surface area contributed by atoms with E-state index in [1.165, 1.54) is 0 Å². The number of halogens is 1. The van der Waals surface area contributed by atoms with Crippen molar-refractivity contribution in [3.8, 4) is 11.5 Å². The van der Waals surface area contributed by atoms with Crippen LogP contribution in [0.4, 0.5) is 0 Å². The number of hydrogen-bond acceptors (Lipinski definition) is 4. The van der Waals surface area contributed by atoms with Gasteiger partial charge in [-0.1, -0.05) is 11.6 Å². The van der Waals surface area contributed by atoms with Gasteiger partial charge in [0.15, 0.2) is 17.3 Å². The van der Waals surface area contributed by atoms with Crippen LogP contribution >= 0.6 is 11.6 Å². The minimum absolute atomic E-state index is 0.156. The lowest BCUT2D eigenvalue weighted by Gasteiger charge is -2.09. The monoisotopic (exact) mass is 317 g/mol. The van der Waals surface area contributed by atoms with Crippen molar-refractivity contribution in [2.24, 2.45) is 5.92 Å². The maximum Gasteiger partial charge on any atom is 0.162 e. The Morgan fingerprint density at radius 3 is 2.55 bits per heavy atom. The van der Waals surface area contributed by atoms with E-state index in [4.69, 9.17) is 21.1 Å². The molecule has 0 atom stereocenters. The zero-order valence-electron chi connectivity index (χ0n) is 12.4. The Labute approximate surface area is 133 Å². The van der Waals surface area contributed by atoms with Crippen molar-refractivity contribution in [3.63, 3.8) is 0 Å². The number of hydrogen-bond donors (Lipinski definition) is 0. The molecule has 1 aliphatic rings. The number of allylic oxidation sites excluding steroid dienone is 1. The molecular formula is C17H16ClNO3. The molecule has 5 heteroatoms. The van der Waals surface area contributed by atoms with Crippen LogP contribution in [-0.2, 0) is 4.79 Å². The van der Waals surface area contributed by atoms with Crippen LogP contribution in [0.15, 0.2) is 24.3 Å². The number of rotatable bonds is 5. The topological polar surface area (TPSA) is 48.4 Å². The lowest BCUT2D eigenvalue weighted by Crippen LogP contribution is -1.94. The minimum Gasteiger partial charge on any atom is -0.493 e. The third-order valence-electron chi connectivity index (χ3n) is 3.71. The first-order chi connectivity index (χ1) is 10.6. The molecule has 1 aromatic heterocycles. The highest BCUT2D eigenvalue weighted by Gasteiger charge is 2.27. The first-order valence-corrected chi connectivity index (χ1v) is 7.44. The molecule has 1 fully saturated rings. The molecule has 0 aliphatic heterocycles. The van der Waals surface area contributed by atoms with E-state index in [1.807, 2.05) is 12.1 Å². The number of nitrogens with zero attached hydrogens (tertiary/aromatic N) is 1. The fourth-order valence-corrected chi connectivity index (χ4v) is 2.50. The quantitative estimate of drug-likeness (QED) is 0.620. The van der Waals surface area contributed by atoms with Gasteiger partial charge in [-0.3, -0.25) is 4.79 Å². The molecule has 1 heterocycles. The van der Waals surface area contributed by atoms with Crippen LogP contribution < -0.4 is 9.47 Å². The van der Waals surface area contributed by atoms with Crippen LogP contribution in [0.5, 0.6) is 11.5 Å². The Morgan fingerprint density at radius 2 is 1.91 bits per heavy atom. The average Bonchev–Trinajstić information content (AvgIpc) is 3.36. The summed E-state index contributed by atoms with van der Waals surface area (Å²) in [6, 6.07) is 5.52. The van der Waals surface area contributed by atoms with Crippen molar-refractivity contribution in [1.29, 1.82) is 0 Å². The van der Waals surface area contributed by atoms with Crippen LogP contribution in [0.2, 0.25) is 5.15 Å². The van der Waals surface area contributed by atoms with Crippen LogP contribution in [0.3, 0.4) is 0 Å². The Morgan fingerprint density at radius 1 is 1.23 bits per heavy atom. The van der Waals surface area contributed by atoms with Gasteiger partial charge in [0, 0.05) is 22.9 Å². The number of ketones is 1. The SMILES string of the molecule is COc1cc2cc(C=CC(=O)C3CC3)c(Cl)nc2cc1OC. The first kappa shape index (κ1) is 14.9. The molecule has 0 amide bonds. The Balaban J connectivity index is 2.00. The smallest absolute Gasteiger partial charge is 0.162 e. The predicted octanol–water partition coefficient (Wildman–Crippen LogP) is 3.90. The third-order valence-corrected chi connectivity index (χ3v) is 4.01. The van der Waals surface area contributed by atoms with Crippen molar-refractivity contribution >= 4 is 34.4 Å². The number of aromatic nitrogens is 1. The first-order valence-electron chi connectivity index (χ1n) is 7.06. The van der Waals surface area contributed by atoms with Crippen molar-refractivity contribution < 1.29 is 14.3 Å². The molecule has 1 saturated carbocycles. The van der Waals surface area contributed by atoms with E-state index in [1.54, 1.807) is 32.4 Å². The number of carbonyl (C=O) groups is 1. The Bertz CT molecular complexity index is 766. The van der Waals surface area contributed by atoms with Gasteiger partial charge in [-0.15, -0.1) is 0 Å². The molecule has 0 radical (unpaired) electrons. The fourth-order valence-electron chi connectivity index (χ4n) is 2.29. The number of ether oxygens (including phenoxy) is 2. The predicted molar refractivity (Wildman–Crippen MR) is 86.6 cm³/mol. The summed E-state index contributed by atoms with van der Waals surface area (Å²) in [4.78, 5) is 16.1. The maximum atomic E-state index is 11.8. The summed E-state index contributed by atoms with van der Waals surface area (Å²) in [5, 5.41) is 1.24. The summed E-state index contributed by atoms with van der Waals surface area (Å²) < 4.78 is 10.6. The van der Waals surface area contributed by atoms with Crippen LogP contribution in [0.25, 0.3) is 17.0 Å². The van der Waals surface area contributed by atoms with Gasteiger partial charge in [0.1, 0.15) is 5.15 Å². The van der Waals surface area contributed by atoms with Crippen molar-refractivity contribution in [2.45, 2.75) is 12.8 Å². The average molecular weight is 318 g/mol. The summed E-state index contributed by atoms with van der Waals surface area (Å²) in [7, 11) is 3.16. The van der Waals surface area contributed by atoms with Crippen LogP contribution in [-0.4, -0.2) is 25.0 Å². The molecule has 1 aliphatic carbocycles. The number of pyridine rings is 1. The highest BCUT2D eigenvalue weighted by atomic mass is 35.5. The second-order valence-corrected chi connectivity index (χ2v) is 5.64. The summed E-state index contributed by atoms with van der Waals surface area (Å²) in [6.45, 7) is 0. The minimum atomic E-state index is 0.156. The molecule has 0 spiro atoms. The van der Waals surface area contributed by atoms with Crippen molar-refractivity contribution in [1.82, 2.24) is 4.98 Å². The molecular weight excluding hydrogens is 302 g/mol. The summed E-state index contributed by atoms with van der Waals surface area (Å²) >= 11 is 6.21. The van der Waals surface area contributed by atoms with Gasteiger partial charge in [-0.25, -0.2) is 4.98 Å². The van der Waals surface area contributed by atoms with Gasteiger partial charge in [0.05, 0.1) is 19.7 Å². The maximum absolute atomic E-state index is 11.8. The number of fused-ring (bicyclic) bond motifs is 1. The molecule has 0 bridgehead atoms. The summed E-state index contributed by atoms with van der Waals surface area (Å²) in [5.41, 5.74) is 1.43. The van der Waals surface area contributed by atoms with E-state index in [2.05, 4.69) is 4.98 Å².